The van der Waals surface area contributed by atoms with Gasteiger partial charge in [-0.2, -0.15) is 0 Å². The Morgan fingerprint density at radius 3 is 2.62 bits per heavy atom. The summed E-state index contributed by atoms with van der Waals surface area (Å²) >= 11 is 0. The van der Waals surface area contributed by atoms with Gasteiger partial charge in [0.2, 0.25) is 0 Å². The summed E-state index contributed by atoms with van der Waals surface area (Å²) in [6.45, 7) is 4.10. The summed E-state index contributed by atoms with van der Waals surface area (Å²) in [6, 6.07) is 4.34. The van der Waals surface area contributed by atoms with Crippen LogP contribution >= 0.6 is 12.4 Å². The number of methoxy groups -OCH3 is 1. The average molecular weight is 318 g/mol. The Labute approximate surface area is 129 Å². The number of halogens is 1. The molecular formula is C13H20ClN3O4. The first-order valence-corrected chi connectivity index (χ1v) is 6.28. The third-order valence-corrected chi connectivity index (χ3v) is 2.61. The quantitative estimate of drug-likeness (QED) is 0.428. The van der Waals surface area contributed by atoms with Crippen LogP contribution in [-0.2, 0) is 4.74 Å². The zero-order valence-electron chi connectivity index (χ0n) is 12.0. The van der Waals surface area contributed by atoms with Crippen molar-refractivity contribution in [3.63, 3.8) is 0 Å². The van der Waals surface area contributed by atoms with Crippen molar-refractivity contribution in [3.8, 4) is 0 Å². The van der Waals surface area contributed by atoms with Gasteiger partial charge in [0.15, 0.2) is 0 Å². The number of non-ortho nitro benzene ring substituents is 1. The van der Waals surface area contributed by atoms with E-state index >= 15 is 0 Å². The summed E-state index contributed by atoms with van der Waals surface area (Å²) in [4.78, 5) is 22.1. The van der Waals surface area contributed by atoms with E-state index < -0.39 is 4.92 Å². The Bertz CT molecular complexity index is 482. The molecule has 1 amide bonds. The number of nitrogens with one attached hydrogen (secondary N) is 2. The third-order valence-electron chi connectivity index (χ3n) is 2.61. The van der Waals surface area contributed by atoms with Crippen LogP contribution in [0.1, 0.15) is 15.9 Å². The van der Waals surface area contributed by atoms with E-state index in [9.17, 15) is 14.9 Å². The number of amides is 1. The molecule has 7 nitrogen and oxygen atoms in total. The van der Waals surface area contributed by atoms with E-state index in [4.69, 9.17) is 4.74 Å². The molecule has 0 fully saturated rings. The van der Waals surface area contributed by atoms with Gasteiger partial charge in [-0.15, -0.1) is 12.4 Å². The summed E-state index contributed by atoms with van der Waals surface area (Å²) in [6.07, 6.45) is 0. The Kier molecular flexibility index (Phi) is 9.27. The van der Waals surface area contributed by atoms with E-state index in [2.05, 4.69) is 10.6 Å². The second kappa shape index (κ2) is 10.1. The molecule has 8 heteroatoms. The van der Waals surface area contributed by atoms with E-state index in [-0.39, 0.29) is 24.0 Å². The molecule has 1 aromatic rings. The van der Waals surface area contributed by atoms with E-state index in [1.807, 2.05) is 0 Å². The molecule has 0 heterocycles. The van der Waals surface area contributed by atoms with E-state index in [1.54, 1.807) is 20.1 Å². The highest BCUT2D eigenvalue weighted by molar-refractivity contribution is 5.95. The molecule has 0 saturated carbocycles. The van der Waals surface area contributed by atoms with E-state index in [0.717, 1.165) is 0 Å². The summed E-state index contributed by atoms with van der Waals surface area (Å²) in [5.74, 6) is -0.314. The van der Waals surface area contributed by atoms with Crippen LogP contribution in [0.2, 0.25) is 0 Å². The summed E-state index contributed by atoms with van der Waals surface area (Å²) in [5.41, 5.74) is 0.907. The molecule has 1 rings (SSSR count). The standard InChI is InChI=1S/C13H19N3O4.ClH/c1-10-7-11(9-12(8-10)16(18)19)13(17)15-4-3-14-5-6-20-2;/h7-9,14H,3-6H2,1-2H3,(H,15,17);1H. The number of rotatable bonds is 8. The van der Waals surface area contributed by atoms with Crippen molar-refractivity contribution >= 4 is 24.0 Å². The van der Waals surface area contributed by atoms with Crippen LogP contribution in [0.5, 0.6) is 0 Å². The smallest absolute Gasteiger partial charge is 0.270 e. The number of nitro groups is 1. The normalized spacial score (nSPS) is 9.81. The van der Waals surface area contributed by atoms with Crippen LogP contribution in [0.3, 0.4) is 0 Å². The predicted octanol–water partition coefficient (Wildman–Crippen LogP) is 1.29. The Morgan fingerprint density at radius 1 is 1.29 bits per heavy atom. The molecule has 0 aromatic heterocycles. The van der Waals surface area contributed by atoms with E-state index in [0.29, 0.717) is 37.4 Å². The van der Waals surface area contributed by atoms with Gasteiger partial charge >= 0.3 is 0 Å². The van der Waals surface area contributed by atoms with Gasteiger partial charge in [0, 0.05) is 44.4 Å². The third kappa shape index (κ3) is 7.03. The largest absolute Gasteiger partial charge is 0.383 e. The molecule has 0 spiro atoms. The molecule has 2 N–H and O–H groups in total. The van der Waals surface area contributed by atoms with Crippen molar-refractivity contribution in [1.29, 1.82) is 0 Å². The highest BCUT2D eigenvalue weighted by Gasteiger charge is 2.12. The molecular weight excluding hydrogens is 298 g/mol. The second-order valence-corrected chi connectivity index (χ2v) is 4.31. The molecule has 0 aliphatic carbocycles. The van der Waals surface area contributed by atoms with Gasteiger partial charge in [-0.05, 0) is 18.6 Å². The second-order valence-electron chi connectivity index (χ2n) is 4.31. The average Bonchev–Trinajstić information content (AvgIpc) is 2.41. The molecule has 0 bridgehead atoms. The first-order chi connectivity index (χ1) is 9.54. The Hall–Kier alpha value is -1.70. The minimum atomic E-state index is -0.504. The van der Waals surface area contributed by atoms with Crippen LogP contribution < -0.4 is 10.6 Å². The zero-order valence-corrected chi connectivity index (χ0v) is 12.9. The fraction of sp³-hybridized carbons (Fsp3) is 0.462. The molecule has 0 aliphatic heterocycles. The van der Waals surface area contributed by atoms with Gasteiger partial charge in [-0.25, -0.2) is 0 Å². The molecule has 0 unspecified atom stereocenters. The number of hydrogen-bond acceptors (Lipinski definition) is 5. The van der Waals surface area contributed by atoms with Crippen LogP contribution in [0.4, 0.5) is 5.69 Å². The van der Waals surface area contributed by atoms with Crippen molar-refractivity contribution in [2.75, 3.05) is 33.4 Å². The lowest BCUT2D eigenvalue weighted by molar-refractivity contribution is -0.384. The first-order valence-electron chi connectivity index (χ1n) is 6.28. The molecule has 0 saturated heterocycles. The first kappa shape index (κ1) is 19.3. The van der Waals surface area contributed by atoms with Gasteiger partial charge < -0.3 is 15.4 Å². The topological polar surface area (TPSA) is 93.5 Å². The van der Waals surface area contributed by atoms with Crippen molar-refractivity contribution in [2.24, 2.45) is 0 Å². The number of benzene rings is 1. The summed E-state index contributed by atoms with van der Waals surface area (Å²) in [5, 5.41) is 16.5. The number of carbonyl (C=O) groups is 1. The summed E-state index contributed by atoms with van der Waals surface area (Å²) < 4.78 is 4.87. The highest BCUT2D eigenvalue weighted by atomic mass is 35.5. The number of nitro benzene ring substituents is 1. The molecule has 0 aliphatic rings. The van der Waals surface area contributed by atoms with Gasteiger partial charge in [-0.1, -0.05) is 0 Å². The zero-order chi connectivity index (χ0) is 15.0. The lowest BCUT2D eigenvalue weighted by Gasteiger charge is -2.07. The molecule has 1 aromatic carbocycles. The summed E-state index contributed by atoms with van der Waals surface area (Å²) in [7, 11) is 1.62. The molecule has 0 radical (unpaired) electrons. The van der Waals surface area contributed by atoms with Crippen LogP contribution in [0.15, 0.2) is 18.2 Å². The fourth-order valence-electron chi connectivity index (χ4n) is 1.67. The minimum absolute atomic E-state index is 0. The number of ether oxygens (including phenoxy) is 1. The van der Waals surface area contributed by atoms with Crippen LogP contribution in [-0.4, -0.2) is 44.2 Å². The van der Waals surface area contributed by atoms with Gasteiger partial charge in [-0.3, -0.25) is 14.9 Å². The molecule has 0 atom stereocenters. The maximum atomic E-state index is 11.9. The molecule has 118 valence electrons. The van der Waals surface area contributed by atoms with Crippen molar-refractivity contribution in [3.05, 3.63) is 39.4 Å². The SMILES string of the molecule is COCCNCCNC(=O)c1cc(C)cc([N+](=O)[O-])c1.Cl. The van der Waals surface area contributed by atoms with Crippen LogP contribution in [0, 0.1) is 17.0 Å². The number of carbonyl (C=O) groups excluding carboxylic acids is 1. The van der Waals surface area contributed by atoms with Crippen LogP contribution in [0.25, 0.3) is 0 Å². The van der Waals surface area contributed by atoms with Crippen molar-refractivity contribution < 1.29 is 14.5 Å². The maximum absolute atomic E-state index is 11.9. The highest BCUT2D eigenvalue weighted by Crippen LogP contribution is 2.16. The van der Waals surface area contributed by atoms with Crippen molar-refractivity contribution in [1.82, 2.24) is 10.6 Å². The monoisotopic (exact) mass is 317 g/mol. The van der Waals surface area contributed by atoms with Gasteiger partial charge in [0.25, 0.3) is 11.6 Å². The van der Waals surface area contributed by atoms with E-state index in [1.165, 1.54) is 12.1 Å². The Morgan fingerprint density at radius 2 is 2.00 bits per heavy atom. The van der Waals surface area contributed by atoms with Crippen molar-refractivity contribution in [2.45, 2.75) is 6.92 Å². The fourth-order valence-corrected chi connectivity index (χ4v) is 1.67. The molecule has 21 heavy (non-hydrogen) atoms. The number of aryl methyl sites for hydroxylation is 1. The predicted molar refractivity (Wildman–Crippen MR) is 82.2 cm³/mol. The lowest BCUT2D eigenvalue weighted by atomic mass is 10.1. The van der Waals surface area contributed by atoms with Gasteiger partial charge in [0.05, 0.1) is 11.5 Å². The number of nitrogens with zero attached hydrogens (tertiary/aromatic N) is 1. The lowest BCUT2D eigenvalue weighted by Crippen LogP contribution is -2.33. The minimum Gasteiger partial charge on any atom is -0.383 e. The van der Waals surface area contributed by atoms with Gasteiger partial charge in [0.1, 0.15) is 0 Å². The Balaban J connectivity index is 0.00000400. The maximum Gasteiger partial charge on any atom is 0.270 e. The number of hydrogen-bond donors (Lipinski definition) is 2.